The molecule has 0 atom stereocenters. The zero-order chi connectivity index (χ0) is 13.5. The SMILES string of the molecule is CC(C)NC(=O)NCCC(C)(C)CCC(=O)O. The minimum atomic E-state index is -0.774. The van der Waals surface area contributed by atoms with Crippen LogP contribution in [0, 0.1) is 5.41 Å². The van der Waals surface area contributed by atoms with Crippen molar-refractivity contribution in [3.05, 3.63) is 0 Å². The van der Waals surface area contributed by atoms with E-state index in [9.17, 15) is 9.59 Å². The van der Waals surface area contributed by atoms with E-state index in [1.54, 1.807) is 0 Å². The topological polar surface area (TPSA) is 78.4 Å². The molecule has 0 bridgehead atoms. The predicted molar refractivity (Wildman–Crippen MR) is 66.9 cm³/mol. The Morgan fingerprint density at radius 3 is 2.29 bits per heavy atom. The van der Waals surface area contributed by atoms with E-state index < -0.39 is 5.97 Å². The molecule has 0 rings (SSSR count). The number of carboxylic acids is 1. The van der Waals surface area contributed by atoms with Gasteiger partial charge in [0.25, 0.3) is 0 Å². The Balaban J connectivity index is 3.78. The molecule has 0 aromatic heterocycles. The van der Waals surface area contributed by atoms with E-state index in [0.29, 0.717) is 13.0 Å². The number of amides is 2. The molecule has 0 saturated carbocycles. The van der Waals surface area contributed by atoms with Gasteiger partial charge in [0.1, 0.15) is 0 Å². The van der Waals surface area contributed by atoms with Crippen LogP contribution in [0.1, 0.15) is 47.0 Å². The van der Waals surface area contributed by atoms with Crippen LogP contribution >= 0.6 is 0 Å². The van der Waals surface area contributed by atoms with Crippen LogP contribution in [0.3, 0.4) is 0 Å². The first-order valence-electron chi connectivity index (χ1n) is 5.99. The average molecular weight is 244 g/mol. The van der Waals surface area contributed by atoms with Gasteiger partial charge in [-0.05, 0) is 32.1 Å². The zero-order valence-corrected chi connectivity index (χ0v) is 11.2. The smallest absolute Gasteiger partial charge is 0.314 e. The van der Waals surface area contributed by atoms with Gasteiger partial charge in [-0.25, -0.2) is 4.79 Å². The van der Waals surface area contributed by atoms with Crippen LogP contribution in [0.4, 0.5) is 4.79 Å². The van der Waals surface area contributed by atoms with Gasteiger partial charge in [-0.3, -0.25) is 4.79 Å². The van der Waals surface area contributed by atoms with Gasteiger partial charge in [0, 0.05) is 19.0 Å². The van der Waals surface area contributed by atoms with Gasteiger partial charge in [-0.15, -0.1) is 0 Å². The van der Waals surface area contributed by atoms with Crippen LogP contribution < -0.4 is 10.6 Å². The van der Waals surface area contributed by atoms with Crippen molar-refractivity contribution in [3.63, 3.8) is 0 Å². The highest BCUT2D eigenvalue weighted by atomic mass is 16.4. The number of urea groups is 1. The van der Waals surface area contributed by atoms with Crippen molar-refractivity contribution in [1.29, 1.82) is 0 Å². The molecular weight excluding hydrogens is 220 g/mol. The molecule has 0 aliphatic heterocycles. The van der Waals surface area contributed by atoms with Crippen molar-refractivity contribution in [2.45, 2.75) is 53.0 Å². The lowest BCUT2D eigenvalue weighted by molar-refractivity contribution is -0.137. The van der Waals surface area contributed by atoms with E-state index in [-0.39, 0.29) is 23.9 Å². The summed E-state index contributed by atoms with van der Waals surface area (Å²) in [6.07, 6.45) is 1.56. The third kappa shape index (κ3) is 9.66. The van der Waals surface area contributed by atoms with Crippen LogP contribution in [0.25, 0.3) is 0 Å². The van der Waals surface area contributed by atoms with Crippen molar-refractivity contribution >= 4 is 12.0 Å². The van der Waals surface area contributed by atoms with Crippen molar-refractivity contribution in [2.24, 2.45) is 5.41 Å². The van der Waals surface area contributed by atoms with Crippen LogP contribution in [0.2, 0.25) is 0 Å². The van der Waals surface area contributed by atoms with Crippen LogP contribution in [-0.2, 0) is 4.79 Å². The van der Waals surface area contributed by atoms with Gasteiger partial charge in [0.2, 0.25) is 0 Å². The summed E-state index contributed by atoms with van der Waals surface area (Å²) in [6.45, 7) is 8.38. The van der Waals surface area contributed by atoms with Gasteiger partial charge in [-0.1, -0.05) is 13.8 Å². The third-order valence-electron chi connectivity index (χ3n) is 2.52. The lowest BCUT2D eigenvalue weighted by Gasteiger charge is -2.24. The van der Waals surface area contributed by atoms with Gasteiger partial charge >= 0.3 is 12.0 Å². The Morgan fingerprint density at radius 2 is 1.82 bits per heavy atom. The van der Waals surface area contributed by atoms with Crippen LogP contribution in [0.15, 0.2) is 0 Å². The molecule has 2 amide bonds. The first kappa shape index (κ1) is 15.7. The summed E-state index contributed by atoms with van der Waals surface area (Å²) < 4.78 is 0. The third-order valence-corrected chi connectivity index (χ3v) is 2.52. The normalized spacial score (nSPS) is 11.4. The van der Waals surface area contributed by atoms with Gasteiger partial charge in [0.15, 0.2) is 0 Å². The molecule has 0 radical (unpaired) electrons. The highest BCUT2D eigenvalue weighted by molar-refractivity contribution is 5.74. The maximum atomic E-state index is 11.3. The Bertz CT molecular complexity index is 262. The number of aliphatic carboxylic acids is 1. The minimum absolute atomic E-state index is 0.0660. The van der Waals surface area contributed by atoms with E-state index in [1.807, 2.05) is 27.7 Å². The number of carbonyl (C=O) groups is 2. The summed E-state index contributed by atoms with van der Waals surface area (Å²) in [5, 5.41) is 14.1. The van der Waals surface area contributed by atoms with Crippen LogP contribution in [-0.4, -0.2) is 29.7 Å². The number of nitrogens with one attached hydrogen (secondary N) is 2. The molecule has 0 aliphatic carbocycles. The monoisotopic (exact) mass is 244 g/mol. The molecule has 0 aromatic rings. The van der Waals surface area contributed by atoms with Gasteiger partial charge in [0.05, 0.1) is 0 Å². The second kappa shape index (κ2) is 7.14. The maximum absolute atomic E-state index is 11.3. The molecule has 17 heavy (non-hydrogen) atoms. The summed E-state index contributed by atoms with van der Waals surface area (Å²) in [5.41, 5.74) is -0.0660. The lowest BCUT2D eigenvalue weighted by Crippen LogP contribution is -2.40. The molecule has 0 unspecified atom stereocenters. The molecule has 0 spiro atoms. The predicted octanol–water partition coefficient (Wildman–Crippen LogP) is 1.98. The molecule has 0 fully saturated rings. The largest absolute Gasteiger partial charge is 0.481 e. The van der Waals surface area contributed by atoms with Crippen LogP contribution in [0.5, 0.6) is 0 Å². The van der Waals surface area contributed by atoms with E-state index in [1.165, 1.54) is 0 Å². The molecule has 3 N–H and O–H groups in total. The van der Waals surface area contributed by atoms with E-state index in [0.717, 1.165) is 6.42 Å². The van der Waals surface area contributed by atoms with Gasteiger partial charge < -0.3 is 15.7 Å². The Morgan fingerprint density at radius 1 is 1.24 bits per heavy atom. The summed E-state index contributed by atoms with van der Waals surface area (Å²) in [4.78, 5) is 21.8. The highest BCUT2D eigenvalue weighted by Crippen LogP contribution is 2.25. The number of rotatable bonds is 7. The zero-order valence-electron chi connectivity index (χ0n) is 11.2. The Hall–Kier alpha value is -1.26. The van der Waals surface area contributed by atoms with E-state index >= 15 is 0 Å². The first-order valence-corrected chi connectivity index (χ1v) is 5.99. The molecule has 100 valence electrons. The van der Waals surface area contributed by atoms with E-state index in [4.69, 9.17) is 5.11 Å². The molecule has 0 aromatic carbocycles. The molecular formula is C12H24N2O3. The van der Waals surface area contributed by atoms with Crippen molar-refractivity contribution < 1.29 is 14.7 Å². The Labute approximate surface area is 103 Å². The van der Waals surface area contributed by atoms with Crippen molar-refractivity contribution in [2.75, 3.05) is 6.54 Å². The van der Waals surface area contributed by atoms with E-state index in [2.05, 4.69) is 10.6 Å². The molecule has 5 nitrogen and oxygen atoms in total. The average Bonchev–Trinajstić information content (AvgIpc) is 2.13. The fraction of sp³-hybridized carbons (Fsp3) is 0.833. The second-order valence-electron chi connectivity index (χ2n) is 5.36. The Kier molecular flexibility index (Phi) is 6.61. The number of carbonyl (C=O) groups excluding carboxylic acids is 1. The number of carboxylic acid groups (broad SMARTS) is 1. The standard InChI is InChI=1S/C12H24N2O3/c1-9(2)14-11(17)13-8-7-12(3,4)6-5-10(15)16/h9H,5-8H2,1-4H3,(H,15,16)(H2,13,14,17). The highest BCUT2D eigenvalue weighted by Gasteiger charge is 2.19. The van der Waals surface area contributed by atoms with Crippen molar-refractivity contribution in [1.82, 2.24) is 10.6 Å². The summed E-state index contributed by atoms with van der Waals surface area (Å²) >= 11 is 0. The molecule has 0 heterocycles. The quantitative estimate of drug-likeness (QED) is 0.640. The maximum Gasteiger partial charge on any atom is 0.314 e. The molecule has 5 heteroatoms. The van der Waals surface area contributed by atoms with Gasteiger partial charge in [-0.2, -0.15) is 0 Å². The lowest BCUT2D eigenvalue weighted by atomic mass is 9.84. The fourth-order valence-electron chi connectivity index (χ4n) is 1.40. The second-order valence-corrected chi connectivity index (χ2v) is 5.36. The summed E-state index contributed by atoms with van der Waals surface area (Å²) in [7, 11) is 0. The first-order chi connectivity index (χ1) is 7.73. The fourth-order valence-corrected chi connectivity index (χ4v) is 1.40. The minimum Gasteiger partial charge on any atom is -0.481 e. The van der Waals surface area contributed by atoms with Crippen molar-refractivity contribution in [3.8, 4) is 0 Å². The molecule has 0 saturated heterocycles. The molecule has 0 aliphatic rings. The summed E-state index contributed by atoms with van der Waals surface area (Å²) in [5.74, 6) is -0.774. The number of hydrogen-bond donors (Lipinski definition) is 3. The number of hydrogen-bond acceptors (Lipinski definition) is 2. The summed E-state index contributed by atoms with van der Waals surface area (Å²) in [6, 6.07) is -0.0518.